The van der Waals surface area contributed by atoms with Gasteiger partial charge in [-0.2, -0.15) is 0 Å². The molecule has 20 heavy (non-hydrogen) atoms. The molecule has 0 bridgehead atoms. The lowest BCUT2D eigenvalue weighted by Crippen LogP contribution is -2.48. The van der Waals surface area contributed by atoms with Crippen LogP contribution >= 0.6 is 0 Å². The summed E-state index contributed by atoms with van der Waals surface area (Å²) in [5.41, 5.74) is 0.690. The van der Waals surface area contributed by atoms with E-state index in [1.807, 2.05) is 30.3 Å². The molecule has 2 aliphatic rings. The van der Waals surface area contributed by atoms with Gasteiger partial charge in [-0.05, 0) is 38.4 Å². The number of para-hydroxylation sites is 1. The molecule has 0 aromatic heterocycles. The molecule has 2 fully saturated rings. The standard InChI is InChI=1S/C16H20N2O2/c1-12-7-5-6-10-17(12)14-11-15(19)18(16(14)20)13-8-3-2-4-9-13/h2-4,8-9,12,14H,5-7,10-11H2,1H3/t12-,14+/m0/s1. The third-order valence-electron chi connectivity index (χ3n) is 4.39. The summed E-state index contributed by atoms with van der Waals surface area (Å²) in [6.45, 7) is 3.08. The highest BCUT2D eigenvalue weighted by atomic mass is 16.2. The Bertz CT molecular complexity index is 514. The average Bonchev–Trinajstić information content (AvgIpc) is 2.75. The van der Waals surface area contributed by atoms with Crippen molar-refractivity contribution in [2.75, 3.05) is 11.4 Å². The molecule has 2 amide bonds. The first-order chi connectivity index (χ1) is 9.68. The zero-order chi connectivity index (χ0) is 14.1. The van der Waals surface area contributed by atoms with Gasteiger partial charge in [0.1, 0.15) is 0 Å². The van der Waals surface area contributed by atoms with Gasteiger partial charge < -0.3 is 0 Å². The maximum absolute atomic E-state index is 12.6. The maximum atomic E-state index is 12.6. The Morgan fingerprint density at radius 2 is 1.85 bits per heavy atom. The van der Waals surface area contributed by atoms with Crippen molar-refractivity contribution in [2.24, 2.45) is 0 Å². The lowest BCUT2D eigenvalue weighted by Gasteiger charge is -2.36. The van der Waals surface area contributed by atoms with Crippen molar-refractivity contribution in [3.05, 3.63) is 30.3 Å². The number of hydrogen-bond acceptors (Lipinski definition) is 3. The quantitative estimate of drug-likeness (QED) is 0.775. The number of likely N-dealkylation sites (tertiary alicyclic amines) is 1. The van der Waals surface area contributed by atoms with Gasteiger partial charge in [-0.3, -0.25) is 14.5 Å². The highest BCUT2D eigenvalue weighted by molar-refractivity contribution is 6.22. The van der Waals surface area contributed by atoms with Gasteiger partial charge in [-0.25, -0.2) is 4.90 Å². The first-order valence-electron chi connectivity index (χ1n) is 7.36. The molecule has 2 heterocycles. The van der Waals surface area contributed by atoms with Gasteiger partial charge in [0, 0.05) is 6.04 Å². The fourth-order valence-corrected chi connectivity index (χ4v) is 3.31. The molecule has 2 atom stereocenters. The predicted molar refractivity (Wildman–Crippen MR) is 77.4 cm³/mol. The number of carbonyl (C=O) groups excluding carboxylic acids is 2. The van der Waals surface area contributed by atoms with Crippen LogP contribution in [0.3, 0.4) is 0 Å². The number of nitrogens with zero attached hydrogens (tertiary/aromatic N) is 2. The molecule has 0 unspecified atom stereocenters. The van der Waals surface area contributed by atoms with Crippen LogP contribution in [0.5, 0.6) is 0 Å². The van der Waals surface area contributed by atoms with Crippen LogP contribution in [0.15, 0.2) is 30.3 Å². The summed E-state index contributed by atoms with van der Waals surface area (Å²) in [6.07, 6.45) is 3.77. The number of imide groups is 1. The summed E-state index contributed by atoms with van der Waals surface area (Å²) in [5.74, 6) is -0.140. The molecule has 2 aliphatic heterocycles. The molecule has 0 spiro atoms. The van der Waals surface area contributed by atoms with Gasteiger partial charge >= 0.3 is 0 Å². The molecule has 106 valence electrons. The Morgan fingerprint density at radius 1 is 1.10 bits per heavy atom. The molecular weight excluding hydrogens is 252 g/mol. The molecule has 3 rings (SSSR count). The number of anilines is 1. The number of benzene rings is 1. The van der Waals surface area contributed by atoms with Crippen molar-refractivity contribution in [3.63, 3.8) is 0 Å². The predicted octanol–water partition coefficient (Wildman–Crippen LogP) is 2.19. The van der Waals surface area contributed by atoms with Crippen molar-refractivity contribution in [1.82, 2.24) is 4.90 Å². The van der Waals surface area contributed by atoms with Crippen LogP contribution in [-0.4, -0.2) is 35.3 Å². The highest BCUT2D eigenvalue weighted by Crippen LogP contribution is 2.29. The van der Waals surface area contributed by atoms with E-state index in [2.05, 4.69) is 11.8 Å². The minimum absolute atomic E-state index is 0.0602. The Hall–Kier alpha value is -1.68. The fourth-order valence-electron chi connectivity index (χ4n) is 3.31. The number of carbonyl (C=O) groups is 2. The van der Waals surface area contributed by atoms with E-state index in [9.17, 15) is 9.59 Å². The summed E-state index contributed by atoms with van der Waals surface area (Å²) >= 11 is 0. The molecule has 1 aromatic rings. The van der Waals surface area contributed by atoms with E-state index in [0.717, 1.165) is 19.4 Å². The van der Waals surface area contributed by atoms with Crippen LogP contribution in [0.2, 0.25) is 0 Å². The van der Waals surface area contributed by atoms with Crippen LogP contribution in [0.1, 0.15) is 32.6 Å². The molecule has 4 heteroatoms. The second-order valence-corrected chi connectivity index (χ2v) is 5.71. The Balaban J connectivity index is 1.83. The minimum atomic E-state index is -0.266. The summed E-state index contributed by atoms with van der Waals surface area (Å²) in [5, 5.41) is 0. The largest absolute Gasteiger partial charge is 0.289 e. The minimum Gasteiger partial charge on any atom is -0.289 e. The van der Waals surface area contributed by atoms with Crippen molar-refractivity contribution in [2.45, 2.75) is 44.7 Å². The third kappa shape index (κ3) is 2.24. The molecule has 2 saturated heterocycles. The third-order valence-corrected chi connectivity index (χ3v) is 4.39. The zero-order valence-corrected chi connectivity index (χ0v) is 11.8. The lowest BCUT2D eigenvalue weighted by atomic mass is 10.0. The van der Waals surface area contributed by atoms with Gasteiger partial charge in [0.2, 0.25) is 5.91 Å². The van der Waals surface area contributed by atoms with Crippen LogP contribution in [0.4, 0.5) is 5.69 Å². The normalized spacial score (nSPS) is 28.1. The van der Waals surface area contributed by atoms with Gasteiger partial charge in [0.15, 0.2) is 0 Å². The first-order valence-corrected chi connectivity index (χ1v) is 7.36. The van der Waals surface area contributed by atoms with E-state index in [0.29, 0.717) is 18.2 Å². The van der Waals surface area contributed by atoms with Crippen molar-refractivity contribution < 1.29 is 9.59 Å². The summed E-state index contributed by atoms with van der Waals surface area (Å²) in [7, 11) is 0. The molecule has 0 aliphatic carbocycles. The number of rotatable bonds is 2. The smallest absolute Gasteiger partial charge is 0.251 e. The van der Waals surface area contributed by atoms with Gasteiger partial charge in [0.25, 0.3) is 5.91 Å². The van der Waals surface area contributed by atoms with E-state index in [-0.39, 0.29) is 17.9 Å². The van der Waals surface area contributed by atoms with E-state index < -0.39 is 0 Å². The SMILES string of the molecule is C[C@H]1CCCCN1[C@@H]1CC(=O)N(c2ccccc2)C1=O. The van der Waals surface area contributed by atoms with E-state index >= 15 is 0 Å². The molecular formula is C16H20N2O2. The van der Waals surface area contributed by atoms with Crippen LogP contribution in [0.25, 0.3) is 0 Å². The topological polar surface area (TPSA) is 40.6 Å². The second kappa shape index (κ2) is 5.37. The van der Waals surface area contributed by atoms with E-state index in [4.69, 9.17) is 0 Å². The molecule has 1 aromatic carbocycles. The van der Waals surface area contributed by atoms with Crippen LogP contribution in [0, 0.1) is 0 Å². The fraction of sp³-hybridized carbons (Fsp3) is 0.500. The van der Waals surface area contributed by atoms with Gasteiger partial charge in [-0.15, -0.1) is 0 Å². The zero-order valence-electron chi connectivity index (χ0n) is 11.8. The van der Waals surface area contributed by atoms with Crippen molar-refractivity contribution in [1.29, 1.82) is 0 Å². The maximum Gasteiger partial charge on any atom is 0.251 e. The van der Waals surface area contributed by atoms with Crippen LogP contribution < -0.4 is 4.90 Å². The first kappa shape index (κ1) is 13.3. The highest BCUT2D eigenvalue weighted by Gasteiger charge is 2.44. The van der Waals surface area contributed by atoms with Gasteiger partial charge in [0.05, 0.1) is 18.2 Å². The lowest BCUT2D eigenvalue weighted by molar-refractivity contribution is -0.123. The summed E-state index contributed by atoms with van der Waals surface area (Å²) in [6, 6.07) is 9.35. The Morgan fingerprint density at radius 3 is 2.55 bits per heavy atom. The van der Waals surface area contributed by atoms with E-state index in [1.165, 1.54) is 11.3 Å². The monoisotopic (exact) mass is 272 g/mol. The second-order valence-electron chi connectivity index (χ2n) is 5.71. The number of piperidine rings is 1. The summed E-state index contributed by atoms with van der Waals surface area (Å²) in [4.78, 5) is 28.4. The van der Waals surface area contributed by atoms with Crippen molar-refractivity contribution in [3.8, 4) is 0 Å². The van der Waals surface area contributed by atoms with Gasteiger partial charge in [-0.1, -0.05) is 24.6 Å². The number of hydrogen-bond donors (Lipinski definition) is 0. The number of amides is 2. The Labute approximate surface area is 119 Å². The van der Waals surface area contributed by atoms with E-state index in [1.54, 1.807) is 0 Å². The van der Waals surface area contributed by atoms with Crippen LogP contribution in [-0.2, 0) is 9.59 Å². The summed E-state index contributed by atoms with van der Waals surface area (Å²) < 4.78 is 0. The molecule has 4 nitrogen and oxygen atoms in total. The average molecular weight is 272 g/mol. The van der Waals surface area contributed by atoms with Crippen molar-refractivity contribution >= 4 is 17.5 Å². The molecule has 0 N–H and O–H groups in total. The Kier molecular flexibility index (Phi) is 3.57. The molecule has 0 radical (unpaired) electrons. The molecule has 0 saturated carbocycles.